The summed E-state index contributed by atoms with van der Waals surface area (Å²) in [5, 5.41) is 27.7. The third-order valence-electron chi connectivity index (χ3n) is 8.22. The van der Waals surface area contributed by atoms with E-state index >= 15 is 0 Å². The van der Waals surface area contributed by atoms with E-state index in [1.54, 1.807) is 19.1 Å². The Kier molecular flexibility index (Phi) is 10.5. The van der Waals surface area contributed by atoms with E-state index in [4.69, 9.17) is 4.74 Å². The highest BCUT2D eigenvalue weighted by Crippen LogP contribution is 2.33. The lowest BCUT2D eigenvalue weighted by Crippen LogP contribution is -2.53. The van der Waals surface area contributed by atoms with Crippen LogP contribution in [0.25, 0.3) is 32.7 Å². The molecule has 0 fully saturated rings. The second-order valence-electron chi connectivity index (χ2n) is 12.0. The van der Waals surface area contributed by atoms with Gasteiger partial charge in [0, 0.05) is 13.0 Å². The lowest BCUT2D eigenvalue weighted by molar-refractivity contribution is -0.150. The Morgan fingerprint density at radius 1 is 0.787 bits per heavy atom. The molecular weight excluding hydrogens is 592 g/mol. The van der Waals surface area contributed by atoms with Crippen molar-refractivity contribution in [3.8, 4) is 11.1 Å². The molecule has 2 amide bonds. The van der Waals surface area contributed by atoms with E-state index in [1.165, 1.54) is 4.90 Å². The molecule has 5 aromatic carbocycles. The van der Waals surface area contributed by atoms with Crippen LogP contribution in [0, 0.1) is 5.92 Å². The number of carboxylic acid groups (broad SMARTS) is 1. The summed E-state index contributed by atoms with van der Waals surface area (Å²) in [5.74, 6) is -2.15. The highest BCUT2D eigenvalue weighted by atomic mass is 16.5. The van der Waals surface area contributed by atoms with Gasteiger partial charge < -0.3 is 25.2 Å². The van der Waals surface area contributed by atoms with Crippen LogP contribution in [0.2, 0.25) is 0 Å². The molecule has 5 rings (SSSR count). The summed E-state index contributed by atoms with van der Waals surface area (Å²) in [7, 11) is 0. The van der Waals surface area contributed by atoms with E-state index in [1.807, 2.05) is 86.6 Å². The molecule has 0 aliphatic carbocycles. The largest absolute Gasteiger partial charge is 0.479 e. The highest BCUT2D eigenvalue weighted by Gasteiger charge is 2.38. The number of aliphatic hydroxyl groups excluding tert-OH is 1. The number of nitrogens with one attached hydrogen (secondary N) is 1. The minimum atomic E-state index is -1.92. The zero-order chi connectivity index (χ0) is 33.5. The number of fused-ring (bicyclic) bond motifs is 2. The predicted molar refractivity (Wildman–Crippen MR) is 184 cm³/mol. The zero-order valence-electron chi connectivity index (χ0n) is 26.8. The summed E-state index contributed by atoms with van der Waals surface area (Å²) >= 11 is 0. The van der Waals surface area contributed by atoms with Crippen LogP contribution in [0.5, 0.6) is 0 Å². The Bertz CT molecular complexity index is 1860. The average molecular weight is 633 g/mol. The topological polar surface area (TPSA) is 116 Å². The number of rotatable bonds is 12. The normalized spacial score (nSPS) is 13.2. The maximum Gasteiger partial charge on any atom is 0.335 e. The number of nitrogens with zero attached hydrogens (tertiary/aromatic N) is 1. The van der Waals surface area contributed by atoms with E-state index in [9.17, 15) is 24.6 Å². The number of benzene rings is 5. The third-order valence-corrected chi connectivity index (χ3v) is 8.22. The SMILES string of the molecule is CCOC(=O)C(Cc1ccc(-c2cccc3ccccc23)cc1)NC(=O)N(CC(C)C)C(c1cccc2ccccc12)C(O)C(=O)O. The molecule has 0 aromatic heterocycles. The highest BCUT2D eigenvalue weighted by molar-refractivity contribution is 5.96. The number of ether oxygens (including phenoxy) is 1. The first kappa shape index (κ1) is 33.2. The van der Waals surface area contributed by atoms with Crippen molar-refractivity contribution < 1.29 is 29.3 Å². The molecule has 8 heteroatoms. The van der Waals surface area contributed by atoms with Gasteiger partial charge in [-0.2, -0.15) is 0 Å². The molecule has 3 unspecified atom stereocenters. The number of aliphatic carboxylic acids is 1. The van der Waals surface area contributed by atoms with E-state index in [2.05, 4.69) is 29.6 Å². The molecular formula is C39H40N2O6. The van der Waals surface area contributed by atoms with Crippen molar-refractivity contribution in [3.05, 3.63) is 120 Å². The lowest BCUT2D eigenvalue weighted by Gasteiger charge is -2.36. The van der Waals surface area contributed by atoms with Gasteiger partial charge in [-0.25, -0.2) is 14.4 Å². The summed E-state index contributed by atoms with van der Waals surface area (Å²) in [6, 6.07) is 32.0. The lowest BCUT2D eigenvalue weighted by atomic mass is 9.93. The van der Waals surface area contributed by atoms with Gasteiger partial charge in [-0.3, -0.25) is 0 Å². The van der Waals surface area contributed by atoms with E-state index in [-0.39, 0.29) is 25.5 Å². The Morgan fingerprint density at radius 3 is 2.02 bits per heavy atom. The summed E-state index contributed by atoms with van der Waals surface area (Å²) < 4.78 is 5.35. The summed E-state index contributed by atoms with van der Waals surface area (Å²) in [4.78, 5) is 40.9. The fraction of sp³-hybridized carbons (Fsp3) is 0.256. The summed E-state index contributed by atoms with van der Waals surface area (Å²) in [6.45, 7) is 5.74. The zero-order valence-corrected chi connectivity index (χ0v) is 26.8. The maximum absolute atomic E-state index is 14.1. The molecule has 5 aromatic rings. The fourth-order valence-electron chi connectivity index (χ4n) is 6.07. The smallest absolute Gasteiger partial charge is 0.335 e. The van der Waals surface area contributed by atoms with Crippen molar-refractivity contribution in [2.45, 2.75) is 45.4 Å². The van der Waals surface area contributed by atoms with Crippen LogP contribution in [-0.2, 0) is 20.7 Å². The van der Waals surface area contributed by atoms with Gasteiger partial charge in [0.2, 0.25) is 0 Å². The summed E-state index contributed by atoms with van der Waals surface area (Å²) in [6.07, 6.45) is -1.77. The van der Waals surface area contributed by atoms with Gasteiger partial charge in [-0.1, -0.05) is 123 Å². The van der Waals surface area contributed by atoms with Gasteiger partial charge in [-0.05, 0) is 56.6 Å². The molecule has 242 valence electrons. The number of carbonyl (C=O) groups is 3. The van der Waals surface area contributed by atoms with E-state index < -0.39 is 36.2 Å². The molecule has 0 heterocycles. The van der Waals surface area contributed by atoms with Gasteiger partial charge in [0.15, 0.2) is 6.10 Å². The van der Waals surface area contributed by atoms with Crippen LogP contribution < -0.4 is 5.32 Å². The average Bonchev–Trinajstić information content (AvgIpc) is 3.07. The molecule has 0 bridgehead atoms. The van der Waals surface area contributed by atoms with Crippen molar-refractivity contribution in [2.75, 3.05) is 13.2 Å². The molecule has 0 aliphatic heterocycles. The summed E-state index contributed by atoms with van der Waals surface area (Å²) in [5.41, 5.74) is 3.40. The number of hydrogen-bond donors (Lipinski definition) is 3. The van der Waals surface area contributed by atoms with Gasteiger partial charge in [0.25, 0.3) is 0 Å². The molecule has 0 aliphatic rings. The monoisotopic (exact) mass is 632 g/mol. The standard InChI is InChI=1S/C39H40N2O6/c1-4-47-38(45)34(23-26-19-21-29(22-20-26)31-17-9-13-27-11-5-7-15-30(27)31)40-39(46)41(24-25(2)3)35(36(42)37(43)44)33-18-10-14-28-12-6-8-16-32(28)33/h5-22,25,34-36,42H,4,23-24H2,1-3H3,(H,40,46)(H,43,44). The number of esters is 1. The number of aliphatic hydroxyl groups is 1. The van der Waals surface area contributed by atoms with Gasteiger partial charge in [-0.15, -0.1) is 0 Å². The van der Waals surface area contributed by atoms with E-state index in [0.29, 0.717) is 5.56 Å². The quantitative estimate of drug-likeness (QED) is 0.128. The molecule has 8 nitrogen and oxygen atoms in total. The first-order valence-corrected chi connectivity index (χ1v) is 15.9. The van der Waals surface area contributed by atoms with Crippen LogP contribution in [0.1, 0.15) is 37.9 Å². The van der Waals surface area contributed by atoms with Crippen molar-refractivity contribution >= 4 is 39.5 Å². The molecule has 0 spiro atoms. The van der Waals surface area contributed by atoms with Crippen LogP contribution in [0.3, 0.4) is 0 Å². The first-order chi connectivity index (χ1) is 22.7. The molecule has 0 saturated heterocycles. The Morgan fingerprint density at radius 2 is 1.38 bits per heavy atom. The second kappa shape index (κ2) is 14.9. The maximum atomic E-state index is 14.1. The van der Waals surface area contributed by atoms with Crippen molar-refractivity contribution in [1.82, 2.24) is 10.2 Å². The Hall–Kier alpha value is -5.21. The van der Waals surface area contributed by atoms with Gasteiger partial charge in [0.1, 0.15) is 6.04 Å². The van der Waals surface area contributed by atoms with Crippen LogP contribution >= 0.6 is 0 Å². The van der Waals surface area contributed by atoms with Crippen LogP contribution in [0.4, 0.5) is 4.79 Å². The molecule has 3 N–H and O–H groups in total. The number of hydrogen-bond acceptors (Lipinski definition) is 5. The van der Waals surface area contributed by atoms with Crippen molar-refractivity contribution in [1.29, 1.82) is 0 Å². The number of urea groups is 1. The van der Waals surface area contributed by atoms with Gasteiger partial charge >= 0.3 is 18.0 Å². The van der Waals surface area contributed by atoms with Gasteiger partial charge in [0.05, 0.1) is 12.6 Å². The molecule has 3 atom stereocenters. The molecule has 0 radical (unpaired) electrons. The first-order valence-electron chi connectivity index (χ1n) is 15.9. The van der Waals surface area contributed by atoms with Crippen LogP contribution in [0.15, 0.2) is 109 Å². The van der Waals surface area contributed by atoms with Crippen molar-refractivity contribution in [2.24, 2.45) is 5.92 Å². The number of carboxylic acids is 1. The Labute approximate surface area is 274 Å². The minimum Gasteiger partial charge on any atom is -0.479 e. The second-order valence-corrected chi connectivity index (χ2v) is 12.0. The minimum absolute atomic E-state index is 0.0816. The molecule has 0 saturated carbocycles. The Balaban J connectivity index is 1.46. The van der Waals surface area contributed by atoms with Crippen LogP contribution in [-0.4, -0.2) is 58.4 Å². The number of carbonyl (C=O) groups excluding carboxylic acids is 2. The predicted octanol–water partition coefficient (Wildman–Crippen LogP) is 6.99. The number of amides is 2. The van der Waals surface area contributed by atoms with Crippen molar-refractivity contribution in [3.63, 3.8) is 0 Å². The fourth-order valence-corrected chi connectivity index (χ4v) is 6.07. The van der Waals surface area contributed by atoms with E-state index in [0.717, 1.165) is 38.2 Å². The third kappa shape index (κ3) is 7.61. The molecule has 47 heavy (non-hydrogen) atoms.